The van der Waals surface area contributed by atoms with E-state index in [1.165, 1.54) is 6.20 Å². The smallest absolute Gasteiger partial charge is 0.297 e. The summed E-state index contributed by atoms with van der Waals surface area (Å²) in [5.74, 6) is 0.438. The summed E-state index contributed by atoms with van der Waals surface area (Å²) < 4.78 is 1.55. The predicted molar refractivity (Wildman–Crippen MR) is 61.1 cm³/mol. The molecule has 78 valence electrons. The fourth-order valence-corrected chi connectivity index (χ4v) is 1.95. The fourth-order valence-electron chi connectivity index (χ4n) is 1.12. The van der Waals surface area contributed by atoms with Crippen LogP contribution in [0.2, 0.25) is 5.02 Å². The first-order valence-corrected chi connectivity index (χ1v) is 5.95. The first-order chi connectivity index (χ1) is 6.67. The Morgan fingerprint density at radius 1 is 1.71 bits per heavy atom. The van der Waals surface area contributed by atoms with Gasteiger partial charge in [-0.2, -0.15) is 0 Å². The van der Waals surface area contributed by atoms with Gasteiger partial charge in [0.2, 0.25) is 0 Å². The summed E-state index contributed by atoms with van der Waals surface area (Å²) in [6, 6.07) is 0. The number of nitrogens with zero attached hydrogens (tertiary/aromatic N) is 2. The highest BCUT2D eigenvalue weighted by molar-refractivity contribution is 9.09. The molecule has 0 aliphatic heterocycles. The number of halogens is 2. The SMILES string of the molecule is CCC(CBr)Cn1cc(Cl)cnc1=O. The molecule has 0 aliphatic carbocycles. The van der Waals surface area contributed by atoms with E-state index in [0.717, 1.165) is 11.8 Å². The van der Waals surface area contributed by atoms with Gasteiger partial charge in [-0.3, -0.25) is 4.57 Å². The van der Waals surface area contributed by atoms with Crippen molar-refractivity contribution in [1.29, 1.82) is 0 Å². The first-order valence-electron chi connectivity index (χ1n) is 4.45. The molecule has 0 bridgehead atoms. The average Bonchev–Trinajstić information content (AvgIpc) is 2.19. The number of alkyl halides is 1. The Kier molecular flexibility index (Phi) is 4.62. The Hall–Kier alpha value is -0.350. The molecule has 0 saturated carbocycles. The van der Waals surface area contributed by atoms with Gasteiger partial charge in [0.05, 0.1) is 11.2 Å². The molecule has 0 spiro atoms. The van der Waals surface area contributed by atoms with Crippen molar-refractivity contribution in [2.45, 2.75) is 19.9 Å². The summed E-state index contributed by atoms with van der Waals surface area (Å²) in [7, 11) is 0. The van der Waals surface area contributed by atoms with E-state index < -0.39 is 0 Å². The average molecular weight is 280 g/mol. The Morgan fingerprint density at radius 3 is 3.00 bits per heavy atom. The van der Waals surface area contributed by atoms with Gasteiger partial charge in [-0.25, -0.2) is 9.78 Å². The van der Waals surface area contributed by atoms with Crippen molar-refractivity contribution in [1.82, 2.24) is 9.55 Å². The summed E-state index contributed by atoms with van der Waals surface area (Å²) in [5.41, 5.74) is -0.242. The Morgan fingerprint density at radius 2 is 2.43 bits per heavy atom. The van der Waals surface area contributed by atoms with Crippen LogP contribution in [0.4, 0.5) is 0 Å². The molecule has 5 heteroatoms. The van der Waals surface area contributed by atoms with Crippen LogP contribution in [0.3, 0.4) is 0 Å². The second-order valence-corrected chi connectivity index (χ2v) is 4.22. The molecule has 0 fully saturated rings. The molecule has 0 amide bonds. The maximum absolute atomic E-state index is 11.3. The van der Waals surface area contributed by atoms with E-state index in [1.54, 1.807) is 10.8 Å². The molecule has 1 unspecified atom stereocenters. The van der Waals surface area contributed by atoms with E-state index in [0.29, 0.717) is 17.5 Å². The molecule has 1 rings (SSSR count). The van der Waals surface area contributed by atoms with Crippen molar-refractivity contribution in [2.75, 3.05) is 5.33 Å². The standard InChI is InChI=1S/C9H12BrClN2O/c1-2-7(3-10)5-13-6-8(11)4-12-9(13)14/h4,6-7H,2-3,5H2,1H3. The van der Waals surface area contributed by atoms with Crippen molar-refractivity contribution >= 4 is 27.5 Å². The lowest BCUT2D eigenvalue weighted by Gasteiger charge is -2.12. The molecule has 0 radical (unpaired) electrons. The molecular formula is C9H12BrClN2O. The zero-order valence-electron chi connectivity index (χ0n) is 7.91. The van der Waals surface area contributed by atoms with Crippen LogP contribution in [0.25, 0.3) is 0 Å². The van der Waals surface area contributed by atoms with Gasteiger partial charge >= 0.3 is 5.69 Å². The molecule has 1 aromatic heterocycles. The summed E-state index contributed by atoms with van der Waals surface area (Å²) in [5, 5.41) is 1.37. The highest BCUT2D eigenvalue weighted by Crippen LogP contribution is 2.10. The molecule has 3 nitrogen and oxygen atoms in total. The maximum atomic E-state index is 11.3. The molecule has 1 atom stereocenters. The van der Waals surface area contributed by atoms with Crippen LogP contribution in [-0.4, -0.2) is 14.9 Å². The van der Waals surface area contributed by atoms with E-state index >= 15 is 0 Å². The first kappa shape index (κ1) is 11.7. The Balaban J connectivity index is 2.85. The summed E-state index contributed by atoms with van der Waals surface area (Å²) in [6.45, 7) is 2.75. The van der Waals surface area contributed by atoms with E-state index in [2.05, 4.69) is 27.8 Å². The van der Waals surface area contributed by atoms with Crippen molar-refractivity contribution in [3.05, 3.63) is 27.9 Å². The van der Waals surface area contributed by atoms with E-state index in [4.69, 9.17) is 11.6 Å². The normalized spacial score (nSPS) is 12.8. The van der Waals surface area contributed by atoms with Crippen LogP contribution < -0.4 is 5.69 Å². The molecule has 0 saturated heterocycles. The van der Waals surface area contributed by atoms with Gasteiger partial charge in [0.1, 0.15) is 0 Å². The van der Waals surface area contributed by atoms with Gasteiger partial charge in [0, 0.05) is 18.1 Å². The number of rotatable bonds is 4. The van der Waals surface area contributed by atoms with Gasteiger partial charge in [0.15, 0.2) is 0 Å². The second-order valence-electron chi connectivity index (χ2n) is 3.14. The van der Waals surface area contributed by atoms with Gasteiger partial charge in [-0.1, -0.05) is 40.9 Å². The summed E-state index contributed by atoms with van der Waals surface area (Å²) in [6.07, 6.45) is 4.02. The molecule has 14 heavy (non-hydrogen) atoms. The molecule has 1 heterocycles. The van der Waals surface area contributed by atoms with Crippen molar-refractivity contribution in [2.24, 2.45) is 5.92 Å². The third kappa shape index (κ3) is 3.10. The lowest BCUT2D eigenvalue weighted by molar-refractivity contribution is 0.464. The highest BCUT2D eigenvalue weighted by Gasteiger charge is 2.07. The predicted octanol–water partition coefficient (Wildman–Crippen LogP) is 2.32. The lowest BCUT2D eigenvalue weighted by Crippen LogP contribution is -2.25. The van der Waals surface area contributed by atoms with Gasteiger partial charge in [-0.05, 0) is 5.92 Å². The van der Waals surface area contributed by atoms with Crippen LogP contribution in [0.15, 0.2) is 17.2 Å². The van der Waals surface area contributed by atoms with E-state index in [-0.39, 0.29) is 5.69 Å². The minimum Gasteiger partial charge on any atom is -0.297 e. The quantitative estimate of drug-likeness (QED) is 0.793. The summed E-state index contributed by atoms with van der Waals surface area (Å²) >= 11 is 9.16. The van der Waals surface area contributed by atoms with Crippen molar-refractivity contribution in [3.8, 4) is 0 Å². The molecular weight excluding hydrogens is 267 g/mol. The Bertz CT molecular complexity index is 349. The summed E-state index contributed by atoms with van der Waals surface area (Å²) in [4.78, 5) is 15.0. The highest BCUT2D eigenvalue weighted by atomic mass is 79.9. The van der Waals surface area contributed by atoms with Crippen LogP contribution in [0.5, 0.6) is 0 Å². The third-order valence-electron chi connectivity index (χ3n) is 2.07. The van der Waals surface area contributed by atoms with Crippen LogP contribution in [-0.2, 0) is 6.54 Å². The Labute approximate surface area is 96.2 Å². The van der Waals surface area contributed by atoms with Gasteiger partial charge in [-0.15, -0.1) is 0 Å². The molecule has 1 aromatic rings. The van der Waals surface area contributed by atoms with Crippen LogP contribution >= 0.6 is 27.5 Å². The van der Waals surface area contributed by atoms with Crippen molar-refractivity contribution < 1.29 is 0 Å². The monoisotopic (exact) mass is 278 g/mol. The van der Waals surface area contributed by atoms with Gasteiger partial charge in [0.25, 0.3) is 0 Å². The number of aromatic nitrogens is 2. The van der Waals surface area contributed by atoms with E-state index in [1.807, 2.05) is 0 Å². The molecule has 0 N–H and O–H groups in total. The molecule has 0 aliphatic rings. The molecule has 0 aromatic carbocycles. The zero-order chi connectivity index (χ0) is 10.6. The van der Waals surface area contributed by atoms with Gasteiger partial charge < -0.3 is 0 Å². The van der Waals surface area contributed by atoms with Crippen molar-refractivity contribution in [3.63, 3.8) is 0 Å². The minimum atomic E-state index is -0.242. The largest absolute Gasteiger partial charge is 0.347 e. The third-order valence-corrected chi connectivity index (χ3v) is 3.18. The topological polar surface area (TPSA) is 34.9 Å². The number of hydrogen-bond acceptors (Lipinski definition) is 2. The van der Waals surface area contributed by atoms with Crippen LogP contribution in [0.1, 0.15) is 13.3 Å². The van der Waals surface area contributed by atoms with E-state index in [9.17, 15) is 4.79 Å². The fraction of sp³-hybridized carbons (Fsp3) is 0.556. The lowest BCUT2D eigenvalue weighted by atomic mass is 10.1. The van der Waals surface area contributed by atoms with Crippen LogP contribution in [0, 0.1) is 5.92 Å². The maximum Gasteiger partial charge on any atom is 0.347 e. The second kappa shape index (κ2) is 5.51. The minimum absolute atomic E-state index is 0.242. The zero-order valence-corrected chi connectivity index (χ0v) is 10.3. The number of hydrogen-bond donors (Lipinski definition) is 0.